The fourth-order valence-corrected chi connectivity index (χ4v) is 2.67. The zero-order valence-corrected chi connectivity index (χ0v) is 11.2. The van der Waals surface area contributed by atoms with Crippen LogP contribution in [0.25, 0.3) is 0 Å². The van der Waals surface area contributed by atoms with Crippen LogP contribution in [0.5, 0.6) is 0 Å². The first-order chi connectivity index (χ1) is 9.02. The molecule has 1 aromatic rings. The number of carboxylic acid groups (broad SMARTS) is 1. The van der Waals surface area contributed by atoms with E-state index in [9.17, 15) is 14.7 Å². The van der Waals surface area contributed by atoms with Gasteiger partial charge in [0, 0.05) is 18.9 Å². The predicted octanol–water partition coefficient (Wildman–Crippen LogP) is 1.16. The molecular weight excluding hydrogens is 246 g/mol. The maximum absolute atomic E-state index is 12.5. The Hall–Kier alpha value is -1.85. The summed E-state index contributed by atoms with van der Waals surface area (Å²) in [5, 5.41) is 13.4. The van der Waals surface area contributed by atoms with Crippen molar-refractivity contribution < 1.29 is 14.7 Å². The predicted molar refractivity (Wildman–Crippen MR) is 68.5 cm³/mol. The fraction of sp³-hybridized carbons (Fsp3) is 0.615. The third-order valence-corrected chi connectivity index (χ3v) is 3.75. The molecule has 1 aliphatic rings. The van der Waals surface area contributed by atoms with Crippen molar-refractivity contribution in [3.63, 3.8) is 0 Å². The Morgan fingerprint density at radius 1 is 1.47 bits per heavy atom. The van der Waals surface area contributed by atoms with Crippen molar-refractivity contribution >= 4 is 11.9 Å². The molecule has 1 amide bonds. The van der Waals surface area contributed by atoms with Crippen LogP contribution in [0.1, 0.15) is 32.7 Å². The van der Waals surface area contributed by atoms with E-state index in [2.05, 4.69) is 5.10 Å². The molecule has 19 heavy (non-hydrogen) atoms. The van der Waals surface area contributed by atoms with E-state index in [0.717, 1.165) is 12.8 Å². The molecule has 3 atom stereocenters. The van der Waals surface area contributed by atoms with Gasteiger partial charge in [-0.25, -0.2) is 4.79 Å². The summed E-state index contributed by atoms with van der Waals surface area (Å²) in [4.78, 5) is 25.3. The second-order valence-electron chi connectivity index (χ2n) is 5.10. The summed E-state index contributed by atoms with van der Waals surface area (Å²) in [7, 11) is 0. The van der Waals surface area contributed by atoms with Gasteiger partial charge in [0.25, 0.3) is 0 Å². The van der Waals surface area contributed by atoms with Crippen molar-refractivity contribution in [2.45, 2.75) is 38.8 Å². The van der Waals surface area contributed by atoms with Gasteiger partial charge in [0.15, 0.2) is 0 Å². The SMILES string of the molecule is CC1CCCN(C(=O)C(C)n2cccn2)C1C(=O)O. The lowest BCUT2D eigenvalue weighted by atomic mass is 9.90. The number of aliphatic carboxylic acids is 1. The molecule has 0 spiro atoms. The highest BCUT2D eigenvalue weighted by molar-refractivity contribution is 5.86. The van der Waals surface area contributed by atoms with Crippen molar-refractivity contribution in [1.29, 1.82) is 0 Å². The van der Waals surface area contributed by atoms with Crippen LogP contribution in [-0.4, -0.2) is 44.3 Å². The van der Waals surface area contributed by atoms with Crippen LogP contribution >= 0.6 is 0 Å². The Kier molecular flexibility index (Phi) is 3.87. The van der Waals surface area contributed by atoms with Crippen LogP contribution in [0.3, 0.4) is 0 Å². The summed E-state index contributed by atoms with van der Waals surface area (Å²) in [6, 6.07) is 0.554. The van der Waals surface area contributed by atoms with Gasteiger partial charge in [0.05, 0.1) is 0 Å². The average Bonchev–Trinajstić information content (AvgIpc) is 2.90. The van der Waals surface area contributed by atoms with Crippen LogP contribution in [0.15, 0.2) is 18.5 Å². The number of hydrogen-bond donors (Lipinski definition) is 1. The maximum atomic E-state index is 12.5. The molecule has 0 saturated carbocycles. The summed E-state index contributed by atoms with van der Waals surface area (Å²) in [5.41, 5.74) is 0. The van der Waals surface area contributed by atoms with E-state index in [0.29, 0.717) is 6.54 Å². The third-order valence-electron chi connectivity index (χ3n) is 3.75. The number of nitrogens with zero attached hydrogens (tertiary/aromatic N) is 3. The first-order valence-electron chi connectivity index (χ1n) is 6.54. The Morgan fingerprint density at radius 3 is 2.79 bits per heavy atom. The van der Waals surface area contributed by atoms with Gasteiger partial charge >= 0.3 is 5.97 Å². The molecule has 2 heterocycles. The molecule has 1 aliphatic heterocycles. The fourth-order valence-electron chi connectivity index (χ4n) is 2.67. The minimum absolute atomic E-state index is 0.0139. The lowest BCUT2D eigenvalue weighted by molar-refractivity contribution is -0.156. The molecule has 3 unspecified atom stereocenters. The highest BCUT2D eigenvalue weighted by Crippen LogP contribution is 2.25. The van der Waals surface area contributed by atoms with Gasteiger partial charge in [0.1, 0.15) is 12.1 Å². The van der Waals surface area contributed by atoms with E-state index in [1.165, 1.54) is 4.90 Å². The lowest BCUT2D eigenvalue weighted by Gasteiger charge is -2.38. The van der Waals surface area contributed by atoms with Crippen LogP contribution < -0.4 is 0 Å². The normalized spacial score (nSPS) is 25.1. The number of amides is 1. The lowest BCUT2D eigenvalue weighted by Crippen LogP contribution is -2.53. The average molecular weight is 265 g/mol. The highest BCUT2D eigenvalue weighted by Gasteiger charge is 2.38. The van der Waals surface area contributed by atoms with Crippen molar-refractivity contribution in [2.75, 3.05) is 6.54 Å². The molecule has 6 heteroatoms. The van der Waals surface area contributed by atoms with E-state index in [1.807, 2.05) is 6.92 Å². The van der Waals surface area contributed by atoms with E-state index < -0.39 is 18.1 Å². The minimum atomic E-state index is -0.923. The Bertz CT molecular complexity index is 458. The minimum Gasteiger partial charge on any atom is -0.480 e. The number of carbonyl (C=O) groups excluding carboxylic acids is 1. The molecule has 1 N–H and O–H groups in total. The second-order valence-corrected chi connectivity index (χ2v) is 5.10. The van der Waals surface area contributed by atoms with Gasteiger partial charge in [0.2, 0.25) is 5.91 Å². The Balaban J connectivity index is 2.18. The number of carbonyl (C=O) groups is 2. The molecule has 0 aliphatic carbocycles. The highest BCUT2D eigenvalue weighted by atomic mass is 16.4. The van der Waals surface area contributed by atoms with Crippen LogP contribution in [-0.2, 0) is 9.59 Å². The zero-order valence-electron chi connectivity index (χ0n) is 11.2. The number of piperidine rings is 1. The largest absolute Gasteiger partial charge is 0.480 e. The van der Waals surface area contributed by atoms with Crippen LogP contribution in [0, 0.1) is 5.92 Å². The maximum Gasteiger partial charge on any atom is 0.326 e. The summed E-state index contributed by atoms with van der Waals surface area (Å²) < 4.78 is 1.56. The van der Waals surface area contributed by atoms with Gasteiger partial charge in [-0.05, 0) is 31.7 Å². The van der Waals surface area contributed by atoms with E-state index in [1.54, 1.807) is 30.1 Å². The van der Waals surface area contributed by atoms with Gasteiger partial charge in [-0.2, -0.15) is 5.10 Å². The number of rotatable bonds is 3. The molecule has 0 radical (unpaired) electrons. The van der Waals surface area contributed by atoms with E-state index >= 15 is 0 Å². The van der Waals surface area contributed by atoms with E-state index in [-0.39, 0.29) is 11.8 Å². The summed E-state index contributed by atoms with van der Waals surface area (Å²) in [5.74, 6) is -1.11. The first-order valence-corrected chi connectivity index (χ1v) is 6.54. The molecule has 1 saturated heterocycles. The smallest absolute Gasteiger partial charge is 0.326 e. The van der Waals surface area contributed by atoms with Crippen molar-refractivity contribution in [3.05, 3.63) is 18.5 Å². The molecule has 2 rings (SSSR count). The number of hydrogen-bond acceptors (Lipinski definition) is 3. The van der Waals surface area contributed by atoms with Gasteiger partial charge in [-0.15, -0.1) is 0 Å². The van der Waals surface area contributed by atoms with E-state index in [4.69, 9.17) is 0 Å². The molecule has 0 bridgehead atoms. The number of aromatic nitrogens is 2. The Labute approximate surface area is 112 Å². The molecule has 1 aromatic heterocycles. The van der Waals surface area contributed by atoms with Gasteiger partial charge < -0.3 is 10.0 Å². The zero-order chi connectivity index (χ0) is 14.0. The second kappa shape index (κ2) is 5.42. The molecular formula is C13H19N3O3. The number of carboxylic acids is 1. The third kappa shape index (κ3) is 2.62. The molecule has 1 fully saturated rings. The van der Waals surface area contributed by atoms with Crippen molar-refractivity contribution in [3.8, 4) is 0 Å². The molecule has 0 aromatic carbocycles. The summed E-state index contributed by atoms with van der Waals surface area (Å²) >= 11 is 0. The van der Waals surface area contributed by atoms with Gasteiger partial charge in [-0.3, -0.25) is 9.48 Å². The van der Waals surface area contributed by atoms with Gasteiger partial charge in [-0.1, -0.05) is 6.92 Å². The summed E-state index contributed by atoms with van der Waals surface area (Å²) in [6.45, 7) is 4.13. The standard InChI is InChI=1S/C13H19N3O3/c1-9-5-3-7-15(11(9)13(18)19)12(17)10(2)16-8-4-6-14-16/h4,6,8-11H,3,5,7H2,1-2H3,(H,18,19). The summed E-state index contributed by atoms with van der Waals surface area (Å²) in [6.07, 6.45) is 5.02. The topological polar surface area (TPSA) is 75.4 Å². The first kappa shape index (κ1) is 13.6. The van der Waals surface area contributed by atoms with Crippen LogP contribution in [0.4, 0.5) is 0 Å². The molecule has 6 nitrogen and oxygen atoms in total. The number of likely N-dealkylation sites (tertiary alicyclic amines) is 1. The monoisotopic (exact) mass is 265 g/mol. The molecule has 104 valence electrons. The quantitative estimate of drug-likeness (QED) is 0.889. The van der Waals surface area contributed by atoms with Crippen molar-refractivity contribution in [2.24, 2.45) is 5.92 Å². The Morgan fingerprint density at radius 2 is 2.21 bits per heavy atom. The van der Waals surface area contributed by atoms with Crippen LogP contribution in [0.2, 0.25) is 0 Å². The van der Waals surface area contributed by atoms with Crippen molar-refractivity contribution in [1.82, 2.24) is 14.7 Å².